The molecule has 1 saturated carbocycles. The van der Waals surface area contributed by atoms with E-state index in [1.54, 1.807) is 0 Å². The lowest BCUT2D eigenvalue weighted by Crippen LogP contribution is -2.25. The molecule has 1 saturated heterocycles. The molecular formula is C14H22ClN5. The Morgan fingerprint density at radius 2 is 1.80 bits per heavy atom. The molecule has 0 aromatic carbocycles. The van der Waals surface area contributed by atoms with Gasteiger partial charge in [-0.3, -0.25) is 0 Å². The van der Waals surface area contributed by atoms with E-state index in [9.17, 15) is 0 Å². The smallest absolute Gasteiger partial charge is 0.231 e. The van der Waals surface area contributed by atoms with Crippen molar-refractivity contribution in [2.75, 3.05) is 29.9 Å². The van der Waals surface area contributed by atoms with Crippen molar-refractivity contribution in [3.8, 4) is 0 Å². The Hall–Kier alpha value is -1.10. The van der Waals surface area contributed by atoms with Gasteiger partial charge in [-0.25, -0.2) is 0 Å². The highest BCUT2D eigenvalue weighted by Crippen LogP contribution is 2.37. The third-order valence-corrected chi connectivity index (χ3v) is 4.64. The Morgan fingerprint density at radius 3 is 2.50 bits per heavy atom. The molecule has 0 amide bonds. The second-order valence-corrected chi connectivity index (χ2v) is 6.63. The van der Waals surface area contributed by atoms with E-state index in [4.69, 9.17) is 11.6 Å². The molecule has 0 radical (unpaired) electrons. The highest BCUT2D eigenvalue weighted by Gasteiger charge is 2.28. The molecule has 20 heavy (non-hydrogen) atoms. The molecule has 0 bridgehead atoms. The number of rotatable bonds is 4. The van der Waals surface area contributed by atoms with Crippen molar-refractivity contribution >= 4 is 23.5 Å². The largest absolute Gasteiger partial charge is 0.353 e. The lowest BCUT2D eigenvalue weighted by molar-refractivity contribution is 0.361. The Labute approximate surface area is 125 Å². The van der Waals surface area contributed by atoms with E-state index in [1.807, 2.05) is 0 Å². The lowest BCUT2D eigenvalue weighted by Gasteiger charge is -2.24. The SMILES string of the molecule is CC1(CNc2nc(Cl)nc(N3CCCC3)n2)CCCC1. The average Bonchev–Trinajstić information content (AvgIpc) is 3.08. The number of hydrogen-bond donors (Lipinski definition) is 1. The third kappa shape index (κ3) is 3.14. The van der Waals surface area contributed by atoms with Gasteiger partial charge >= 0.3 is 0 Å². The standard InChI is InChI=1S/C14H22ClN5/c1-14(6-2-3-7-14)10-16-12-17-11(15)18-13(19-12)20-8-4-5-9-20/h2-10H2,1H3,(H,16,17,18,19). The summed E-state index contributed by atoms with van der Waals surface area (Å²) >= 11 is 6.03. The molecule has 2 fully saturated rings. The topological polar surface area (TPSA) is 53.9 Å². The first-order chi connectivity index (χ1) is 9.65. The number of halogens is 1. The summed E-state index contributed by atoms with van der Waals surface area (Å²) in [4.78, 5) is 15.1. The van der Waals surface area contributed by atoms with Crippen molar-refractivity contribution in [2.24, 2.45) is 5.41 Å². The van der Waals surface area contributed by atoms with Crippen LogP contribution < -0.4 is 10.2 Å². The van der Waals surface area contributed by atoms with Crippen LogP contribution in [-0.4, -0.2) is 34.6 Å². The molecule has 110 valence electrons. The van der Waals surface area contributed by atoms with Crippen LogP contribution in [0.1, 0.15) is 45.4 Å². The zero-order valence-corrected chi connectivity index (χ0v) is 12.8. The summed E-state index contributed by atoms with van der Waals surface area (Å²) < 4.78 is 0. The van der Waals surface area contributed by atoms with Crippen molar-refractivity contribution in [3.63, 3.8) is 0 Å². The zero-order chi connectivity index (χ0) is 14.0. The number of hydrogen-bond acceptors (Lipinski definition) is 5. The van der Waals surface area contributed by atoms with Crippen molar-refractivity contribution in [1.82, 2.24) is 15.0 Å². The van der Waals surface area contributed by atoms with E-state index in [2.05, 4.69) is 32.1 Å². The summed E-state index contributed by atoms with van der Waals surface area (Å²) in [6, 6.07) is 0. The summed E-state index contributed by atoms with van der Waals surface area (Å²) in [6.07, 6.45) is 7.61. The first-order valence-corrected chi connectivity index (χ1v) is 7.93. The Bertz CT molecular complexity index is 467. The normalized spacial score (nSPS) is 21.4. The van der Waals surface area contributed by atoms with Crippen LogP contribution in [0.5, 0.6) is 0 Å². The van der Waals surface area contributed by atoms with Gasteiger partial charge in [0.15, 0.2) is 0 Å². The Morgan fingerprint density at radius 1 is 1.10 bits per heavy atom. The number of nitrogens with zero attached hydrogens (tertiary/aromatic N) is 4. The van der Waals surface area contributed by atoms with Crippen LogP contribution in [0, 0.1) is 5.41 Å². The van der Waals surface area contributed by atoms with Gasteiger partial charge in [0.2, 0.25) is 17.2 Å². The summed E-state index contributed by atoms with van der Waals surface area (Å²) in [6.45, 7) is 5.26. The zero-order valence-electron chi connectivity index (χ0n) is 12.0. The summed E-state index contributed by atoms with van der Waals surface area (Å²) in [7, 11) is 0. The summed E-state index contributed by atoms with van der Waals surface area (Å²) in [5.74, 6) is 1.32. The molecule has 1 aliphatic carbocycles. The molecule has 0 spiro atoms. The number of anilines is 2. The molecule has 1 aliphatic heterocycles. The highest BCUT2D eigenvalue weighted by atomic mass is 35.5. The van der Waals surface area contributed by atoms with Crippen molar-refractivity contribution in [3.05, 3.63) is 5.28 Å². The van der Waals surface area contributed by atoms with Crippen LogP contribution in [-0.2, 0) is 0 Å². The quantitative estimate of drug-likeness (QED) is 0.925. The molecular weight excluding hydrogens is 274 g/mol. The Kier molecular flexibility index (Phi) is 3.96. The summed E-state index contributed by atoms with van der Waals surface area (Å²) in [5.41, 5.74) is 0.368. The fourth-order valence-electron chi connectivity index (χ4n) is 3.18. The molecule has 5 nitrogen and oxygen atoms in total. The minimum atomic E-state index is 0.279. The van der Waals surface area contributed by atoms with Crippen molar-refractivity contribution < 1.29 is 0 Å². The molecule has 1 aromatic heterocycles. The fourth-order valence-corrected chi connectivity index (χ4v) is 3.33. The van der Waals surface area contributed by atoms with E-state index in [0.717, 1.165) is 19.6 Å². The second kappa shape index (κ2) is 5.72. The first-order valence-electron chi connectivity index (χ1n) is 7.55. The average molecular weight is 296 g/mol. The van der Waals surface area contributed by atoms with Crippen LogP contribution >= 0.6 is 11.6 Å². The van der Waals surface area contributed by atoms with E-state index >= 15 is 0 Å². The van der Waals surface area contributed by atoms with Crippen LogP contribution in [0.3, 0.4) is 0 Å². The van der Waals surface area contributed by atoms with Gasteiger partial charge in [-0.1, -0.05) is 19.8 Å². The van der Waals surface area contributed by atoms with E-state index < -0.39 is 0 Å². The minimum absolute atomic E-state index is 0.279. The third-order valence-electron chi connectivity index (χ3n) is 4.47. The van der Waals surface area contributed by atoms with E-state index in [-0.39, 0.29) is 5.28 Å². The monoisotopic (exact) mass is 295 g/mol. The maximum Gasteiger partial charge on any atom is 0.231 e. The van der Waals surface area contributed by atoms with Gasteiger partial charge in [0.25, 0.3) is 0 Å². The summed E-state index contributed by atoms with van der Waals surface area (Å²) in [5, 5.41) is 3.64. The maximum atomic E-state index is 6.03. The van der Waals surface area contributed by atoms with Crippen LogP contribution in [0.2, 0.25) is 5.28 Å². The number of aromatic nitrogens is 3. The fraction of sp³-hybridized carbons (Fsp3) is 0.786. The van der Waals surface area contributed by atoms with Gasteiger partial charge in [-0.15, -0.1) is 0 Å². The molecule has 0 atom stereocenters. The minimum Gasteiger partial charge on any atom is -0.353 e. The van der Waals surface area contributed by atoms with Gasteiger partial charge in [0, 0.05) is 19.6 Å². The molecule has 0 unspecified atom stereocenters. The van der Waals surface area contributed by atoms with Gasteiger partial charge in [-0.05, 0) is 42.7 Å². The van der Waals surface area contributed by atoms with Crippen LogP contribution in [0.15, 0.2) is 0 Å². The van der Waals surface area contributed by atoms with E-state index in [0.29, 0.717) is 17.3 Å². The molecule has 2 aliphatic rings. The van der Waals surface area contributed by atoms with Gasteiger partial charge < -0.3 is 10.2 Å². The Balaban J connectivity index is 1.69. The predicted octanol–water partition coefficient (Wildman–Crippen LogP) is 3.12. The molecule has 6 heteroatoms. The molecule has 2 heterocycles. The van der Waals surface area contributed by atoms with Gasteiger partial charge in [-0.2, -0.15) is 15.0 Å². The van der Waals surface area contributed by atoms with Crippen molar-refractivity contribution in [2.45, 2.75) is 45.4 Å². The first kappa shape index (κ1) is 13.9. The predicted molar refractivity (Wildman–Crippen MR) is 81.3 cm³/mol. The molecule has 1 aromatic rings. The number of nitrogens with one attached hydrogen (secondary N) is 1. The van der Waals surface area contributed by atoms with Crippen LogP contribution in [0.4, 0.5) is 11.9 Å². The van der Waals surface area contributed by atoms with Gasteiger partial charge in [0.05, 0.1) is 0 Å². The van der Waals surface area contributed by atoms with Crippen LogP contribution in [0.25, 0.3) is 0 Å². The lowest BCUT2D eigenvalue weighted by atomic mass is 9.89. The van der Waals surface area contributed by atoms with E-state index in [1.165, 1.54) is 38.5 Å². The van der Waals surface area contributed by atoms with Gasteiger partial charge in [0.1, 0.15) is 0 Å². The molecule has 3 rings (SSSR count). The molecule has 1 N–H and O–H groups in total. The second-order valence-electron chi connectivity index (χ2n) is 6.29. The maximum absolute atomic E-state index is 6.03. The highest BCUT2D eigenvalue weighted by molar-refractivity contribution is 6.28. The van der Waals surface area contributed by atoms with Crippen molar-refractivity contribution in [1.29, 1.82) is 0 Å².